The van der Waals surface area contributed by atoms with Crippen LogP contribution in [0, 0.1) is 0 Å². The van der Waals surface area contributed by atoms with Crippen LogP contribution in [-0.4, -0.2) is 28.8 Å². The van der Waals surface area contributed by atoms with E-state index in [0.717, 1.165) is 34.0 Å². The molecule has 6 rings (SSSR count). The molecule has 5 aromatic heterocycles. The van der Waals surface area contributed by atoms with Gasteiger partial charge in [0.2, 0.25) is 0 Å². The Morgan fingerprint density at radius 1 is 0.733 bits per heavy atom. The molecule has 0 spiro atoms. The molecule has 0 fully saturated rings. The van der Waals surface area contributed by atoms with Crippen molar-refractivity contribution in [1.29, 1.82) is 0 Å². The third-order valence-corrected chi connectivity index (χ3v) is 12.9. The first-order valence-corrected chi connectivity index (χ1v) is 17.6. The van der Waals surface area contributed by atoms with Gasteiger partial charge >= 0.3 is 23.7 Å². The van der Waals surface area contributed by atoms with E-state index in [-0.39, 0.29) is 20.2 Å². The average Bonchev–Trinajstić information content (AvgIpc) is 3.82. The maximum Gasteiger partial charge on any atom is 0.380 e. The highest BCUT2D eigenvalue weighted by molar-refractivity contribution is 7.85. The van der Waals surface area contributed by atoms with E-state index in [1.165, 1.54) is 47.0 Å². The molecule has 0 radical (unpaired) electrons. The predicted molar refractivity (Wildman–Crippen MR) is 179 cm³/mol. The quantitative estimate of drug-likeness (QED) is 0.0722. The third kappa shape index (κ3) is 5.28. The number of thiophene rings is 5. The number of aliphatic carboxylic acids is 1. The molecular weight excluding hydrogens is 711 g/mol. The van der Waals surface area contributed by atoms with Crippen LogP contribution in [0.4, 0.5) is 26.3 Å². The van der Waals surface area contributed by atoms with Crippen LogP contribution in [0.25, 0.3) is 46.0 Å². The summed E-state index contributed by atoms with van der Waals surface area (Å²) in [6.07, 6.45) is 2.57. The van der Waals surface area contributed by atoms with Crippen LogP contribution in [0.2, 0.25) is 0 Å². The molecule has 14 heteroatoms. The Balaban J connectivity index is 1.68. The Bertz CT molecular complexity index is 1970. The van der Waals surface area contributed by atoms with Crippen molar-refractivity contribution in [3.05, 3.63) is 97.7 Å². The Hall–Kier alpha value is -2.88. The van der Waals surface area contributed by atoms with Crippen LogP contribution in [0.5, 0.6) is 0 Å². The minimum atomic E-state index is -5.73. The van der Waals surface area contributed by atoms with E-state index in [2.05, 4.69) is 12.6 Å². The molecule has 232 valence electrons. The highest BCUT2D eigenvalue weighted by Crippen LogP contribution is 2.67. The van der Waals surface area contributed by atoms with E-state index in [0.29, 0.717) is 30.0 Å². The van der Waals surface area contributed by atoms with Gasteiger partial charge in [0.05, 0.1) is 14.7 Å². The van der Waals surface area contributed by atoms with Crippen LogP contribution in [-0.2, 0) is 4.79 Å². The molecule has 0 atom stereocenters. The minimum absolute atomic E-state index is 0.119. The van der Waals surface area contributed by atoms with Crippen molar-refractivity contribution in [2.24, 2.45) is 0 Å². The van der Waals surface area contributed by atoms with Crippen LogP contribution >= 0.6 is 69.3 Å². The Morgan fingerprint density at radius 2 is 1.22 bits per heavy atom. The second-order valence-electron chi connectivity index (χ2n) is 9.82. The standard InChI is InChI=1S/C31H18F6O2S6/c1-15(8-9-18(40)28(38)39)22-13-16(26(44-22)20-6-3-11-42-20)24-25(30(34,35)31(36,37)29(24,32)33)17-14-23(19-5-2-10-41-19)45-27(17)21-7-4-12-43-21/h2-14,40H,1H3,(H,38,39)/b15-8+,18-9-. The monoisotopic (exact) mass is 728 g/mol. The first-order valence-electron chi connectivity index (χ1n) is 12.9. The van der Waals surface area contributed by atoms with Gasteiger partial charge < -0.3 is 5.11 Å². The first kappa shape index (κ1) is 32.1. The number of carboxylic acids is 1. The lowest BCUT2D eigenvalue weighted by Gasteiger charge is -2.25. The summed E-state index contributed by atoms with van der Waals surface area (Å²) in [7, 11) is 0. The summed E-state index contributed by atoms with van der Waals surface area (Å²) < 4.78 is 95.1. The maximum absolute atomic E-state index is 16.1. The molecule has 5 aromatic rings. The Labute approximate surface area is 278 Å². The first-order chi connectivity index (χ1) is 21.3. The van der Waals surface area contributed by atoms with Gasteiger partial charge in [0.15, 0.2) is 0 Å². The lowest BCUT2D eigenvalue weighted by molar-refractivity contribution is -0.254. The van der Waals surface area contributed by atoms with Gasteiger partial charge in [-0.05, 0) is 65.0 Å². The van der Waals surface area contributed by atoms with Crippen molar-refractivity contribution < 1.29 is 36.2 Å². The summed E-state index contributed by atoms with van der Waals surface area (Å²) in [6, 6.07) is 12.5. The second-order valence-corrected chi connectivity index (χ2v) is 15.2. The minimum Gasteiger partial charge on any atom is -0.477 e. The second kappa shape index (κ2) is 11.7. The number of hydrogen-bond acceptors (Lipinski definition) is 7. The smallest absolute Gasteiger partial charge is 0.380 e. The van der Waals surface area contributed by atoms with Crippen molar-refractivity contribution in [3.63, 3.8) is 0 Å². The number of rotatable bonds is 8. The van der Waals surface area contributed by atoms with E-state index in [9.17, 15) is 4.79 Å². The normalized spacial score (nSPS) is 17.8. The highest BCUT2D eigenvalue weighted by atomic mass is 32.1. The number of thiol groups is 1. The van der Waals surface area contributed by atoms with E-state index in [1.807, 2.05) is 0 Å². The fourth-order valence-electron chi connectivity index (χ4n) is 4.86. The Morgan fingerprint density at radius 3 is 1.71 bits per heavy atom. The SMILES string of the molecule is C/C(=C\C=C(/S)C(=O)O)c1cc(C2=C(c3cc(-c4cccs4)sc3-c3cccs3)C(F)(F)C(F)(F)C2(F)F)c(-c2cccs2)s1. The lowest BCUT2D eigenvalue weighted by Crippen LogP contribution is -2.48. The lowest BCUT2D eigenvalue weighted by atomic mass is 9.94. The fraction of sp³-hybridized carbons (Fsp3) is 0.129. The zero-order valence-corrected chi connectivity index (χ0v) is 27.6. The van der Waals surface area contributed by atoms with Gasteiger partial charge in [0.1, 0.15) is 0 Å². The van der Waals surface area contributed by atoms with Gasteiger partial charge in [0, 0.05) is 46.7 Å². The fourth-order valence-corrected chi connectivity index (χ4v) is 9.80. The molecule has 2 nitrogen and oxygen atoms in total. The summed E-state index contributed by atoms with van der Waals surface area (Å²) >= 11 is 9.58. The topological polar surface area (TPSA) is 37.3 Å². The molecule has 0 amide bonds. The summed E-state index contributed by atoms with van der Waals surface area (Å²) in [5.41, 5.74) is -3.25. The summed E-state index contributed by atoms with van der Waals surface area (Å²) in [6.45, 7) is 1.57. The van der Waals surface area contributed by atoms with Gasteiger partial charge in [-0.1, -0.05) is 24.3 Å². The molecule has 1 aliphatic carbocycles. The largest absolute Gasteiger partial charge is 0.477 e. The van der Waals surface area contributed by atoms with Crippen LogP contribution in [0.15, 0.2) is 81.7 Å². The van der Waals surface area contributed by atoms with E-state index >= 15 is 26.3 Å². The van der Waals surface area contributed by atoms with Crippen molar-refractivity contribution in [2.45, 2.75) is 24.7 Å². The van der Waals surface area contributed by atoms with Gasteiger partial charge in [-0.25, -0.2) is 4.79 Å². The van der Waals surface area contributed by atoms with Gasteiger partial charge in [-0.15, -0.1) is 69.3 Å². The molecule has 0 aromatic carbocycles. The molecule has 0 unspecified atom stereocenters. The van der Waals surface area contributed by atoms with Gasteiger partial charge in [-0.3, -0.25) is 0 Å². The highest BCUT2D eigenvalue weighted by Gasteiger charge is 2.80. The van der Waals surface area contributed by atoms with E-state index in [1.54, 1.807) is 59.5 Å². The number of hydrogen-bond donors (Lipinski definition) is 2. The summed E-state index contributed by atoms with van der Waals surface area (Å²) in [4.78, 5) is 13.6. The van der Waals surface area contributed by atoms with Gasteiger partial charge in [0.25, 0.3) is 0 Å². The van der Waals surface area contributed by atoms with Crippen LogP contribution in [0.1, 0.15) is 22.9 Å². The summed E-state index contributed by atoms with van der Waals surface area (Å²) in [5, 5.41) is 14.3. The van der Waals surface area contributed by atoms with Crippen molar-refractivity contribution in [2.75, 3.05) is 0 Å². The van der Waals surface area contributed by atoms with Crippen LogP contribution in [0.3, 0.4) is 0 Å². The van der Waals surface area contributed by atoms with E-state index in [4.69, 9.17) is 5.11 Å². The van der Waals surface area contributed by atoms with Crippen LogP contribution < -0.4 is 0 Å². The number of alkyl halides is 6. The number of carbonyl (C=O) groups is 1. The van der Waals surface area contributed by atoms with E-state index < -0.39 is 40.4 Å². The maximum atomic E-state index is 16.1. The van der Waals surface area contributed by atoms with Gasteiger partial charge in [-0.2, -0.15) is 26.3 Å². The molecular formula is C31H18F6O2S6. The zero-order valence-electron chi connectivity index (χ0n) is 22.6. The van der Waals surface area contributed by atoms with Crippen molar-refractivity contribution in [1.82, 2.24) is 0 Å². The molecule has 0 bridgehead atoms. The third-order valence-electron chi connectivity index (χ3n) is 7.02. The number of carboxylic acid groups (broad SMARTS) is 1. The molecule has 5 heterocycles. The predicted octanol–water partition coefficient (Wildman–Crippen LogP) is 12.1. The van der Waals surface area contributed by atoms with Crippen molar-refractivity contribution >= 4 is 92.0 Å². The average molecular weight is 729 g/mol. The summed E-state index contributed by atoms with van der Waals surface area (Å²) in [5.74, 6) is -17.5. The molecule has 45 heavy (non-hydrogen) atoms. The van der Waals surface area contributed by atoms with Crippen molar-refractivity contribution in [3.8, 4) is 29.3 Å². The number of halogens is 6. The Kier molecular flexibility index (Phi) is 8.36. The molecule has 0 saturated heterocycles. The zero-order chi connectivity index (χ0) is 32.3. The number of allylic oxidation sites excluding steroid dienone is 5. The molecule has 1 N–H and O–H groups in total. The molecule has 0 aliphatic heterocycles. The molecule has 0 saturated carbocycles. The molecule has 1 aliphatic rings.